The zero-order valence-corrected chi connectivity index (χ0v) is 20.6. The summed E-state index contributed by atoms with van der Waals surface area (Å²) in [6.45, 7) is 5.52. The van der Waals surface area contributed by atoms with E-state index in [1.807, 2.05) is 6.07 Å². The van der Waals surface area contributed by atoms with Gasteiger partial charge in [-0.2, -0.15) is 0 Å². The summed E-state index contributed by atoms with van der Waals surface area (Å²) >= 11 is 0. The third kappa shape index (κ3) is 7.44. The Kier molecular flexibility index (Phi) is 9.93. The van der Waals surface area contributed by atoms with Gasteiger partial charge >= 0.3 is 11.9 Å². The van der Waals surface area contributed by atoms with Crippen LogP contribution in [0.3, 0.4) is 0 Å². The first-order chi connectivity index (χ1) is 16.9. The van der Waals surface area contributed by atoms with Gasteiger partial charge in [-0.25, -0.2) is 9.59 Å². The first-order valence-electron chi connectivity index (χ1n) is 12.1. The highest BCUT2D eigenvalue weighted by molar-refractivity contribution is 6.27. The van der Waals surface area contributed by atoms with Crippen molar-refractivity contribution in [2.24, 2.45) is 0 Å². The molecule has 2 N–H and O–H groups in total. The fourth-order valence-corrected chi connectivity index (χ4v) is 5.11. The average molecular weight is 485 g/mol. The van der Waals surface area contributed by atoms with Gasteiger partial charge in [-0.1, -0.05) is 42.5 Å². The average Bonchev–Trinajstić information content (AvgIpc) is 2.90. The summed E-state index contributed by atoms with van der Waals surface area (Å²) in [6.07, 6.45) is 5.33. The first-order valence-corrected chi connectivity index (χ1v) is 12.1. The molecule has 1 aliphatic heterocycles. The SMILES string of the molecule is COc1cccc(CN2CCN(C3CCC(c4ccccc4)CC3)CC2)c1OC.O=C(O)C(=O)O. The second kappa shape index (κ2) is 13.1. The number of nitrogens with zero attached hydrogens (tertiary/aromatic N) is 2. The molecule has 8 nitrogen and oxygen atoms in total. The number of methoxy groups -OCH3 is 2. The largest absolute Gasteiger partial charge is 0.493 e. The number of carboxylic acids is 2. The lowest BCUT2D eigenvalue weighted by Crippen LogP contribution is -2.50. The topological polar surface area (TPSA) is 99.5 Å². The van der Waals surface area contributed by atoms with Crippen molar-refractivity contribution in [1.82, 2.24) is 9.80 Å². The molecule has 2 aliphatic rings. The van der Waals surface area contributed by atoms with Crippen LogP contribution in [0.2, 0.25) is 0 Å². The Morgan fingerprint density at radius 2 is 1.46 bits per heavy atom. The minimum atomic E-state index is -1.82. The number of para-hydroxylation sites is 1. The van der Waals surface area contributed by atoms with Crippen LogP contribution in [0.1, 0.15) is 42.7 Å². The summed E-state index contributed by atoms with van der Waals surface area (Å²) in [5.74, 6) is -1.20. The second-order valence-electron chi connectivity index (χ2n) is 8.99. The fraction of sp³-hybridized carbons (Fsp3) is 0.481. The van der Waals surface area contributed by atoms with E-state index in [9.17, 15) is 0 Å². The third-order valence-electron chi connectivity index (χ3n) is 6.95. The van der Waals surface area contributed by atoms with Crippen LogP contribution in [0.5, 0.6) is 11.5 Å². The van der Waals surface area contributed by atoms with Crippen LogP contribution < -0.4 is 9.47 Å². The number of hydrogen-bond acceptors (Lipinski definition) is 6. The molecule has 0 unspecified atom stereocenters. The molecule has 0 amide bonds. The number of carboxylic acid groups (broad SMARTS) is 2. The minimum Gasteiger partial charge on any atom is -0.493 e. The molecule has 0 bridgehead atoms. The van der Waals surface area contributed by atoms with Gasteiger partial charge < -0.3 is 19.7 Å². The molecular weight excluding hydrogens is 448 g/mol. The van der Waals surface area contributed by atoms with Crippen molar-refractivity contribution in [2.45, 2.75) is 44.2 Å². The van der Waals surface area contributed by atoms with Crippen LogP contribution in [0, 0.1) is 0 Å². The van der Waals surface area contributed by atoms with Crippen molar-refractivity contribution in [2.75, 3.05) is 40.4 Å². The first kappa shape index (κ1) is 26.5. The van der Waals surface area contributed by atoms with Crippen molar-refractivity contribution in [3.8, 4) is 11.5 Å². The molecule has 2 aromatic rings. The summed E-state index contributed by atoms with van der Waals surface area (Å²) in [6, 6.07) is 18.0. The lowest BCUT2D eigenvalue weighted by Gasteiger charge is -2.42. The van der Waals surface area contributed by atoms with E-state index in [0.29, 0.717) is 0 Å². The highest BCUT2D eigenvalue weighted by atomic mass is 16.5. The monoisotopic (exact) mass is 484 g/mol. The Balaban J connectivity index is 0.000000509. The van der Waals surface area contributed by atoms with Gasteiger partial charge in [-0.3, -0.25) is 9.80 Å². The Hall–Kier alpha value is -3.10. The van der Waals surface area contributed by atoms with Crippen molar-refractivity contribution >= 4 is 11.9 Å². The Bertz CT molecular complexity index is 939. The van der Waals surface area contributed by atoms with Crippen molar-refractivity contribution in [3.63, 3.8) is 0 Å². The number of rotatable bonds is 6. The number of aliphatic carboxylic acids is 2. The van der Waals surface area contributed by atoms with Gasteiger partial charge in [-0.05, 0) is 43.2 Å². The van der Waals surface area contributed by atoms with Crippen LogP contribution in [0.4, 0.5) is 0 Å². The summed E-state index contributed by atoms with van der Waals surface area (Å²) in [7, 11) is 3.43. The van der Waals surface area contributed by atoms with Crippen LogP contribution in [0.15, 0.2) is 48.5 Å². The number of carbonyl (C=O) groups is 2. The molecule has 1 heterocycles. The minimum absolute atomic E-state index is 0.759. The van der Waals surface area contributed by atoms with Crippen LogP contribution in [-0.4, -0.2) is 78.4 Å². The Morgan fingerprint density at radius 1 is 0.829 bits per heavy atom. The highest BCUT2D eigenvalue weighted by Crippen LogP contribution is 2.35. The smallest absolute Gasteiger partial charge is 0.414 e. The molecule has 35 heavy (non-hydrogen) atoms. The van der Waals surface area contributed by atoms with E-state index in [2.05, 4.69) is 52.3 Å². The van der Waals surface area contributed by atoms with Crippen molar-refractivity contribution in [3.05, 3.63) is 59.7 Å². The van der Waals surface area contributed by atoms with Gasteiger partial charge in [0, 0.05) is 44.3 Å². The summed E-state index contributed by atoms with van der Waals surface area (Å²) in [4.78, 5) is 23.5. The molecule has 0 spiro atoms. The van der Waals surface area contributed by atoms with Gasteiger partial charge in [0.1, 0.15) is 0 Å². The third-order valence-corrected chi connectivity index (χ3v) is 6.95. The van der Waals surface area contributed by atoms with Gasteiger partial charge in [0.2, 0.25) is 0 Å². The zero-order chi connectivity index (χ0) is 25.2. The molecule has 1 aliphatic carbocycles. The molecule has 8 heteroatoms. The number of piperazine rings is 1. The van der Waals surface area contributed by atoms with Crippen molar-refractivity contribution < 1.29 is 29.3 Å². The van der Waals surface area contributed by atoms with Crippen LogP contribution in [0.25, 0.3) is 0 Å². The number of hydrogen-bond donors (Lipinski definition) is 2. The molecular formula is C27H36N2O6. The lowest BCUT2D eigenvalue weighted by atomic mass is 9.81. The van der Waals surface area contributed by atoms with E-state index in [-0.39, 0.29) is 0 Å². The van der Waals surface area contributed by atoms with Crippen LogP contribution >= 0.6 is 0 Å². The van der Waals surface area contributed by atoms with Gasteiger partial charge in [0.05, 0.1) is 14.2 Å². The predicted octanol–water partition coefficient (Wildman–Crippen LogP) is 3.70. The van der Waals surface area contributed by atoms with E-state index in [1.165, 1.54) is 49.9 Å². The molecule has 190 valence electrons. The molecule has 2 fully saturated rings. The summed E-state index contributed by atoms with van der Waals surface area (Å²) in [5.41, 5.74) is 2.74. The molecule has 4 rings (SSSR count). The van der Waals surface area contributed by atoms with Crippen molar-refractivity contribution in [1.29, 1.82) is 0 Å². The molecule has 0 atom stereocenters. The normalized spacial score (nSPS) is 20.9. The van der Waals surface area contributed by atoms with E-state index in [1.54, 1.807) is 14.2 Å². The maximum absolute atomic E-state index is 9.10. The highest BCUT2D eigenvalue weighted by Gasteiger charge is 2.29. The molecule has 1 saturated heterocycles. The molecule has 0 radical (unpaired) electrons. The van der Waals surface area contributed by atoms with Crippen LogP contribution in [-0.2, 0) is 16.1 Å². The fourth-order valence-electron chi connectivity index (χ4n) is 5.11. The lowest BCUT2D eigenvalue weighted by molar-refractivity contribution is -0.159. The maximum Gasteiger partial charge on any atom is 0.414 e. The summed E-state index contributed by atoms with van der Waals surface area (Å²) in [5, 5.41) is 14.8. The number of benzene rings is 2. The Morgan fingerprint density at radius 3 is 2.00 bits per heavy atom. The second-order valence-corrected chi connectivity index (χ2v) is 8.99. The van der Waals surface area contributed by atoms with Gasteiger partial charge in [0.25, 0.3) is 0 Å². The molecule has 2 aromatic carbocycles. The Labute approximate surface area is 207 Å². The van der Waals surface area contributed by atoms with Gasteiger partial charge in [-0.15, -0.1) is 0 Å². The summed E-state index contributed by atoms with van der Waals surface area (Å²) < 4.78 is 11.1. The van der Waals surface area contributed by atoms with E-state index in [4.69, 9.17) is 29.3 Å². The quantitative estimate of drug-likeness (QED) is 0.599. The molecule has 1 saturated carbocycles. The molecule has 0 aromatic heterocycles. The predicted molar refractivity (Wildman–Crippen MR) is 133 cm³/mol. The zero-order valence-electron chi connectivity index (χ0n) is 20.6. The van der Waals surface area contributed by atoms with E-state index in [0.717, 1.165) is 43.1 Å². The standard InChI is InChI=1S/C25H34N2O2.C2H2O4/c1-28-24-10-6-9-22(25(24)29-2)19-26-15-17-27(18-16-26)23-13-11-21(12-14-23)20-7-4-3-5-8-20;3-1(4)2(5)6/h3-10,21,23H,11-19H2,1-2H3;(H,3,4)(H,5,6). The maximum atomic E-state index is 9.10. The van der Waals surface area contributed by atoms with E-state index >= 15 is 0 Å². The van der Waals surface area contributed by atoms with Gasteiger partial charge in [0.15, 0.2) is 11.5 Å². The number of ether oxygens (including phenoxy) is 2. The van der Waals surface area contributed by atoms with E-state index < -0.39 is 11.9 Å².